The molecular weight excluding hydrogens is 323 g/mol. The maximum atomic E-state index is 11.9. The summed E-state index contributed by atoms with van der Waals surface area (Å²) in [5.41, 5.74) is 1.35. The molecule has 1 heterocycles. The minimum atomic E-state index is -0.536. The number of fused-ring (bicyclic) bond motifs is 1. The van der Waals surface area contributed by atoms with Gasteiger partial charge in [-0.05, 0) is 26.0 Å². The van der Waals surface area contributed by atoms with Gasteiger partial charge in [0, 0.05) is 0 Å². The Bertz CT molecular complexity index is 655. The third-order valence-electron chi connectivity index (χ3n) is 2.94. The van der Waals surface area contributed by atoms with Gasteiger partial charge in [-0.3, -0.25) is 0 Å². The molecule has 0 saturated heterocycles. The highest BCUT2D eigenvalue weighted by atomic mass is 35.5. The fourth-order valence-corrected chi connectivity index (χ4v) is 2.54. The third-order valence-corrected chi connectivity index (χ3v) is 3.90. The summed E-state index contributed by atoms with van der Waals surface area (Å²) in [4.78, 5) is 16.3. The third kappa shape index (κ3) is 2.73. The summed E-state index contributed by atoms with van der Waals surface area (Å²) in [5.74, 6) is 0.401. The molecule has 0 amide bonds. The van der Waals surface area contributed by atoms with Crippen LogP contribution in [-0.2, 0) is 15.4 Å². The molecule has 0 aliphatic carbocycles. The van der Waals surface area contributed by atoms with Crippen molar-refractivity contribution in [2.45, 2.75) is 25.8 Å². The van der Waals surface area contributed by atoms with Crippen molar-refractivity contribution in [2.75, 3.05) is 6.61 Å². The second-order valence-corrected chi connectivity index (χ2v) is 5.30. The van der Waals surface area contributed by atoms with Crippen molar-refractivity contribution in [1.82, 2.24) is 9.55 Å². The van der Waals surface area contributed by atoms with Gasteiger partial charge in [0.1, 0.15) is 11.9 Å². The van der Waals surface area contributed by atoms with Gasteiger partial charge in [0.2, 0.25) is 0 Å². The molecule has 108 valence electrons. The topological polar surface area (TPSA) is 44.1 Å². The molecule has 0 aliphatic rings. The van der Waals surface area contributed by atoms with Crippen molar-refractivity contribution >= 4 is 51.8 Å². The molecule has 0 fully saturated rings. The lowest BCUT2D eigenvalue weighted by atomic mass is 10.2. The molecule has 0 N–H and O–H groups in total. The summed E-state index contributed by atoms with van der Waals surface area (Å²) in [6.07, 6.45) is 0. The molecule has 20 heavy (non-hydrogen) atoms. The van der Waals surface area contributed by atoms with E-state index in [2.05, 4.69) is 4.98 Å². The quantitative estimate of drug-likeness (QED) is 0.621. The SMILES string of the molecule is CCOC(=O)C(C)n1c(CCl)nc2cc(Cl)c(Cl)cc21. The average molecular weight is 336 g/mol. The average Bonchev–Trinajstić information content (AvgIpc) is 2.76. The van der Waals surface area contributed by atoms with E-state index in [-0.39, 0.29) is 11.8 Å². The first kappa shape index (κ1) is 15.4. The summed E-state index contributed by atoms with van der Waals surface area (Å²) in [7, 11) is 0. The Morgan fingerprint density at radius 1 is 1.40 bits per heavy atom. The lowest BCUT2D eigenvalue weighted by Gasteiger charge is -2.15. The Morgan fingerprint density at radius 3 is 2.65 bits per heavy atom. The minimum absolute atomic E-state index is 0.174. The number of aromatic nitrogens is 2. The predicted molar refractivity (Wildman–Crippen MR) is 80.7 cm³/mol. The Labute approximate surface area is 131 Å². The number of nitrogens with zero attached hydrogens (tertiary/aromatic N) is 2. The van der Waals surface area contributed by atoms with E-state index < -0.39 is 6.04 Å². The molecule has 0 aliphatic heterocycles. The summed E-state index contributed by atoms with van der Waals surface area (Å²) in [5, 5.41) is 0.811. The van der Waals surface area contributed by atoms with Gasteiger partial charge in [-0.1, -0.05) is 23.2 Å². The molecule has 1 aromatic carbocycles. The zero-order chi connectivity index (χ0) is 14.9. The summed E-state index contributed by atoms with van der Waals surface area (Å²) in [6, 6.07) is 2.80. The van der Waals surface area contributed by atoms with Crippen molar-refractivity contribution in [3.8, 4) is 0 Å². The Morgan fingerprint density at radius 2 is 2.05 bits per heavy atom. The molecule has 0 spiro atoms. The van der Waals surface area contributed by atoms with Crippen molar-refractivity contribution in [1.29, 1.82) is 0 Å². The van der Waals surface area contributed by atoms with Gasteiger partial charge >= 0.3 is 5.97 Å². The van der Waals surface area contributed by atoms with Crippen molar-refractivity contribution in [3.05, 3.63) is 28.0 Å². The Hall–Kier alpha value is -0.970. The number of esters is 1. The highest BCUT2D eigenvalue weighted by molar-refractivity contribution is 6.42. The number of rotatable bonds is 4. The van der Waals surface area contributed by atoms with Crippen molar-refractivity contribution in [2.24, 2.45) is 0 Å². The largest absolute Gasteiger partial charge is 0.464 e. The van der Waals surface area contributed by atoms with E-state index in [4.69, 9.17) is 39.5 Å². The number of carbonyl (C=O) groups is 1. The first-order valence-electron chi connectivity index (χ1n) is 6.08. The number of alkyl halides is 1. The van der Waals surface area contributed by atoms with Crippen LogP contribution in [0.1, 0.15) is 25.7 Å². The molecule has 7 heteroatoms. The molecule has 1 unspecified atom stereocenters. The highest BCUT2D eigenvalue weighted by Gasteiger charge is 2.22. The first-order valence-corrected chi connectivity index (χ1v) is 7.37. The van der Waals surface area contributed by atoms with Gasteiger partial charge in [-0.2, -0.15) is 0 Å². The standard InChI is InChI=1S/C13H13Cl3N2O2/c1-3-20-13(19)7(2)18-11-5-9(16)8(15)4-10(11)17-12(18)6-14/h4-5,7H,3,6H2,1-2H3. The molecule has 0 bridgehead atoms. The molecular formula is C13H13Cl3N2O2. The van der Waals surface area contributed by atoms with Crippen LogP contribution in [0.2, 0.25) is 10.0 Å². The van der Waals surface area contributed by atoms with Gasteiger partial charge in [0.05, 0.1) is 33.6 Å². The highest BCUT2D eigenvalue weighted by Crippen LogP contribution is 2.30. The van der Waals surface area contributed by atoms with E-state index in [0.717, 1.165) is 0 Å². The number of imidazole rings is 1. The van der Waals surface area contributed by atoms with Crippen LogP contribution in [-0.4, -0.2) is 22.1 Å². The van der Waals surface area contributed by atoms with Crippen LogP contribution in [0.4, 0.5) is 0 Å². The van der Waals surface area contributed by atoms with E-state index in [0.29, 0.717) is 33.5 Å². The second kappa shape index (κ2) is 6.20. The van der Waals surface area contributed by atoms with Crippen LogP contribution in [0.25, 0.3) is 11.0 Å². The maximum Gasteiger partial charge on any atom is 0.328 e. The van der Waals surface area contributed by atoms with Crippen LogP contribution in [0.3, 0.4) is 0 Å². The maximum absolute atomic E-state index is 11.9. The molecule has 4 nitrogen and oxygen atoms in total. The molecule has 1 aromatic heterocycles. The van der Waals surface area contributed by atoms with Crippen LogP contribution in [0, 0.1) is 0 Å². The monoisotopic (exact) mass is 334 g/mol. The van der Waals surface area contributed by atoms with E-state index in [1.54, 1.807) is 30.5 Å². The number of hydrogen-bond acceptors (Lipinski definition) is 3. The lowest BCUT2D eigenvalue weighted by molar-refractivity contribution is -0.146. The number of ether oxygens (including phenoxy) is 1. The van der Waals surface area contributed by atoms with Gasteiger partial charge < -0.3 is 9.30 Å². The normalized spacial score (nSPS) is 12.7. The first-order chi connectivity index (χ1) is 9.49. The van der Waals surface area contributed by atoms with E-state index >= 15 is 0 Å². The van der Waals surface area contributed by atoms with E-state index in [1.165, 1.54) is 0 Å². The molecule has 0 saturated carbocycles. The zero-order valence-electron chi connectivity index (χ0n) is 11.0. The van der Waals surface area contributed by atoms with Crippen molar-refractivity contribution < 1.29 is 9.53 Å². The molecule has 2 rings (SSSR count). The van der Waals surface area contributed by atoms with Crippen LogP contribution < -0.4 is 0 Å². The fourth-order valence-electron chi connectivity index (χ4n) is 2.03. The fraction of sp³-hybridized carbons (Fsp3) is 0.385. The van der Waals surface area contributed by atoms with Crippen LogP contribution in [0.15, 0.2) is 12.1 Å². The number of benzene rings is 1. The van der Waals surface area contributed by atoms with E-state index in [1.807, 2.05) is 0 Å². The Kier molecular flexibility index (Phi) is 4.78. The zero-order valence-corrected chi connectivity index (χ0v) is 13.3. The number of halogens is 3. The van der Waals surface area contributed by atoms with Gasteiger partial charge in [-0.15, -0.1) is 11.6 Å². The molecule has 1 atom stereocenters. The molecule has 0 radical (unpaired) electrons. The molecule has 2 aromatic rings. The number of hydrogen-bond donors (Lipinski definition) is 0. The predicted octanol–water partition coefficient (Wildman–Crippen LogP) is 4.21. The van der Waals surface area contributed by atoms with Gasteiger partial charge in [-0.25, -0.2) is 9.78 Å². The Balaban J connectivity index is 2.60. The summed E-state index contributed by atoms with van der Waals surface area (Å²) >= 11 is 17.9. The van der Waals surface area contributed by atoms with Crippen LogP contribution in [0.5, 0.6) is 0 Å². The second-order valence-electron chi connectivity index (χ2n) is 4.21. The van der Waals surface area contributed by atoms with Gasteiger partial charge in [0.25, 0.3) is 0 Å². The summed E-state index contributed by atoms with van der Waals surface area (Å²) < 4.78 is 6.76. The lowest BCUT2D eigenvalue weighted by Crippen LogP contribution is -2.20. The minimum Gasteiger partial charge on any atom is -0.464 e. The van der Waals surface area contributed by atoms with Gasteiger partial charge in [0.15, 0.2) is 0 Å². The van der Waals surface area contributed by atoms with Crippen LogP contribution >= 0.6 is 34.8 Å². The van der Waals surface area contributed by atoms with Crippen molar-refractivity contribution in [3.63, 3.8) is 0 Å². The smallest absolute Gasteiger partial charge is 0.328 e. The number of carbonyl (C=O) groups excluding carboxylic acids is 1. The van der Waals surface area contributed by atoms with E-state index in [9.17, 15) is 4.79 Å². The summed E-state index contributed by atoms with van der Waals surface area (Å²) in [6.45, 7) is 3.81.